The molecule has 0 amide bonds. The number of nitrogens with one attached hydrogen (secondary N) is 1. The van der Waals surface area contributed by atoms with Crippen LogP contribution in [0.5, 0.6) is 0 Å². The topological polar surface area (TPSA) is 32.3 Å². The average molecular weight is 281 g/mol. The van der Waals surface area contributed by atoms with Gasteiger partial charge in [-0.15, -0.1) is 11.3 Å². The molecule has 2 N–H and O–H groups in total. The lowest BCUT2D eigenvalue weighted by atomic mass is 9.85. The van der Waals surface area contributed by atoms with Gasteiger partial charge in [-0.2, -0.15) is 0 Å². The molecule has 2 nitrogen and oxygen atoms in total. The van der Waals surface area contributed by atoms with Gasteiger partial charge >= 0.3 is 0 Å². The first-order chi connectivity index (χ1) is 9.00. The Kier molecular flexibility index (Phi) is 5.04. The van der Waals surface area contributed by atoms with Crippen molar-refractivity contribution in [3.05, 3.63) is 21.9 Å². The average Bonchev–Trinajstić information content (AvgIpc) is 2.85. The molecule has 108 valence electrons. The molecule has 1 aliphatic rings. The number of hydrogen-bond donors (Lipinski definition) is 2. The van der Waals surface area contributed by atoms with E-state index in [1.54, 1.807) is 0 Å². The van der Waals surface area contributed by atoms with Crippen LogP contribution in [0.3, 0.4) is 0 Å². The van der Waals surface area contributed by atoms with E-state index >= 15 is 0 Å². The summed E-state index contributed by atoms with van der Waals surface area (Å²) in [5, 5.41) is 13.1. The summed E-state index contributed by atoms with van der Waals surface area (Å²) in [4.78, 5) is 2.86. The minimum atomic E-state index is 0.251. The molecule has 1 aliphatic carbocycles. The minimum Gasteiger partial charge on any atom is -0.396 e. The molecule has 0 aliphatic heterocycles. The number of rotatable bonds is 4. The second kappa shape index (κ2) is 6.38. The number of thiophene rings is 1. The first-order valence-corrected chi connectivity index (χ1v) is 8.26. The largest absolute Gasteiger partial charge is 0.396 e. The van der Waals surface area contributed by atoms with E-state index in [9.17, 15) is 5.11 Å². The first kappa shape index (κ1) is 15.0. The van der Waals surface area contributed by atoms with Crippen molar-refractivity contribution in [2.75, 3.05) is 6.61 Å². The van der Waals surface area contributed by atoms with Crippen molar-refractivity contribution >= 4 is 11.3 Å². The fourth-order valence-electron chi connectivity index (χ4n) is 2.80. The Balaban J connectivity index is 1.89. The zero-order chi connectivity index (χ0) is 13.9. The normalized spacial score (nSPS) is 24.6. The van der Waals surface area contributed by atoms with Gasteiger partial charge in [0.25, 0.3) is 0 Å². The highest BCUT2D eigenvalue weighted by Crippen LogP contribution is 2.30. The van der Waals surface area contributed by atoms with E-state index in [4.69, 9.17) is 0 Å². The van der Waals surface area contributed by atoms with Crippen molar-refractivity contribution in [3.63, 3.8) is 0 Å². The van der Waals surface area contributed by atoms with Gasteiger partial charge in [-0.05, 0) is 36.3 Å². The van der Waals surface area contributed by atoms with Crippen molar-refractivity contribution in [3.8, 4) is 0 Å². The predicted octanol–water partition coefficient (Wildman–Crippen LogP) is 3.69. The van der Waals surface area contributed by atoms with Gasteiger partial charge in [0.05, 0.1) is 0 Å². The number of aliphatic hydroxyl groups is 1. The summed E-state index contributed by atoms with van der Waals surface area (Å²) in [7, 11) is 0. The lowest BCUT2D eigenvalue weighted by Gasteiger charge is -2.30. The van der Waals surface area contributed by atoms with Crippen molar-refractivity contribution in [1.29, 1.82) is 0 Å². The van der Waals surface area contributed by atoms with Crippen LogP contribution in [0, 0.1) is 5.92 Å². The Hall–Kier alpha value is -0.380. The highest BCUT2D eigenvalue weighted by Gasteiger charge is 2.24. The summed E-state index contributed by atoms with van der Waals surface area (Å²) in [5.74, 6) is 0.454. The van der Waals surface area contributed by atoms with Crippen LogP contribution in [-0.4, -0.2) is 17.8 Å². The Labute approximate surface area is 121 Å². The van der Waals surface area contributed by atoms with Crippen LogP contribution >= 0.6 is 11.3 Å². The molecule has 2 unspecified atom stereocenters. The molecular formula is C16H27NOS. The molecule has 0 bridgehead atoms. The van der Waals surface area contributed by atoms with Crippen LogP contribution in [0.1, 0.15) is 56.2 Å². The third kappa shape index (κ3) is 4.04. The summed E-state index contributed by atoms with van der Waals surface area (Å²) in [6, 6.07) is 5.00. The maximum atomic E-state index is 9.43. The Morgan fingerprint density at radius 2 is 2.00 bits per heavy atom. The predicted molar refractivity (Wildman–Crippen MR) is 82.7 cm³/mol. The van der Waals surface area contributed by atoms with Crippen LogP contribution in [0.2, 0.25) is 0 Å². The third-order valence-corrected chi connectivity index (χ3v) is 5.59. The minimum absolute atomic E-state index is 0.251. The number of aliphatic hydroxyl groups excluding tert-OH is 1. The summed E-state index contributed by atoms with van der Waals surface area (Å²) < 4.78 is 0. The zero-order valence-electron chi connectivity index (χ0n) is 12.4. The highest BCUT2D eigenvalue weighted by molar-refractivity contribution is 7.12. The van der Waals surface area contributed by atoms with Gasteiger partial charge in [0, 0.05) is 28.9 Å². The van der Waals surface area contributed by atoms with Crippen LogP contribution < -0.4 is 5.32 Å². The molecule has 0 spiro atoms. The van der Waals surface area contributed by atoms with E-state index in [0.717, 1.165) is 6.54 Å². The fraction of sp³-hybridized carbons (Fsp3) is 0.750. The quantitative estimate of drug-likeness (QED) is 0.882. The molecule has 1 aromatic rings. The molecule has 1 aromatic heterocycles. The van der Waals surface area contributed by atoms with Gasteiger partial charge in [-0.3, -0.25) is 0 Å². The van der Waals surface area contributed by atoms with Crippen LogP contribution in [-0.2, 0) is 12.0 Å². The Morgan fingerprint density at radius 1 is 1.26 bits per heavy atom. The van der Waals surface area contributed by atoms with Gasteiger partial charge in [0.1, 0.15) is 0 Å². The fourth-order valence-corrected chi connectivity index (χ4v) is 3.82. The summed E-state index contributed by atoms with van der Waals surface area (Å²) in [6.45, 7) is 8.06. The van der Waals surface area contributed by atoms with Crippen molar-refractivity contribution in [1.82, 2.24) is 5.32 Å². The van der Waals surface area contributed by atoms with E-state index in [1.165, 1.54) is 35.4 Å². The lowest BCUT2D eigenvalue weighted by Crippen LogP contribution is -2.39. The van der Waals surface area contributed by atoms with Crippen molar-refractivity contribution < 1.29 is 5.11 Å². The Bertz CT molecular complexity index is 394. The molecule has 1 heterocycles. The lowest BCUT2D eigenvalue weighted by molar-refractivity contribution is 0.152. The standard InChI is InChI=1S/C16H27NOS/c1-16(2,3)15-9-8-13(19-15)10-17-14-7-5-4-6-12(14)11-18/h8-9,12,14,17-18H,4-7,10-11H2,1-3H3. The van der Waals surface area contributed by atoms with E-state index < -0.39 is 0 Å². The maximum absolute atomic E-state index is 9.43. The summed E-state index contributed by atoms with van der Waals surface area (Å²) in [6.07, 6.45) is 4.96. The molecular weight excluding hydrogens is 254 g/mol. The molecule has 1 fully saturated rings. The van der Waals surface area contributed by atoms with Crippen molar-refractivity contribution in [2.45, 2.75) is 64.5 Å². The van der Waals surface area contributed by atoms with Crippen LogP contribution in [0.25, 0.3) is 0 Å². The zero-order valence-corrected chi connectivity index (χ0v) is 13.2. The van der Waals surface area contributed by atoms with Gasteiger partial charge in [0.2, 0.25) is 0 Å². The molecule has 2 atom stereocenters. The van der Waals surface area contributed by atoms with E-state index in [0.29, 0.717) is 18.6 Å². The molecule has 2 rings (SSSR count). The molecule has 0 aromatic carbocycles. The van der Waals surface area contributed by atoms with Gasteiger partial charge < -0.3 is 10.4 Å². The number of hydrogen-bond acceptors (Lipinski definition) is 3. The maximum Gasteiger partial charge on any atom is 0.0474 e. The van der Waals surface area contributed by atoms with Gasteiger partial charge in [0.15, 0.2) is 0 Å². The van der Waals surface area contributed by atoms with E-state index in [1.807, 2.05) is 11.3 Å². The van der Waals surface area contributed by atoms with E-state index in [-0.39, 0.29) is 5.41 Å². The molecule has 0 radical (unpaired) electrons. The van der Waals surface area contributed by atoms with Crippen molar-refractivity contribution in [2.24, 2.45) is 5.92 Å². The SMILES string of the molecule is CC(C)(C)c1ccc(CNC2CCCCC2CO)s1. The molecule has 0 saturated heterocycles. The van der Waals surface area contributed by atoms with Crippen LogP contribution in [0.15, 0.2) is 12.1 Å². The molecule has 3 heteroatoms. The molecule has 19 heavy (non-hydrogen) atoms. The van der Waals surface area contributed by atoms with Gasteiger partial charge in [-0.1, -0.05) is 33.6 Å². The first-order valence-electron chi connectivity index (χ1n) is 7.44. The second-order valence-corrected chi connectivity index (χ2v) is 7.90. The van der Waals surface area contributed by atoms with Gasteiger partial charge in [-0.25, -0.2) is 0 Å². The second-order valence-electron chi connectivity index (χ2n) is 6.73. The highest BCUT2D eigenvalue weighted by atomic mass is 32.1. The summed E-state index contributed by atoms with van der Waals surface area (Å²) >= 11 is 1.91. The van der Waals surface area contributed by atoms with Crippen LogP contribution in [0.4, 0.5) is 0 Å². The third-order valence-electron chi connectivity index (χ3n) is 4.08. The summed E-state index contributed by atoms with van der Waals surface area (Å²) in [5.41, 5.74) is 0.251. The smallest absolute Gasteiger partial charge is 0.0474 e. The Morgan fingerprint density at radius 3 is 2.63 bits per heavy atom. The monoisotopic (exact) mass is 281 g/mol. The molecule has 1 saturated carbocycles. The van der Waals surface area contributed by atoms with E-state index in [2.05, 4.69) is 38.2 Å².